The van der Waals surface area contributed by atoms with Crippen LogP contribution in [0.1, 0.15) is 38.5 Å². The normalized spacial score (nSPS) is 21.3. The van der Waals surface area contributed by atoms with Crippen molar-refractivity contribution in [1.29, 1.82) is 0 Å². The van der Waals surface area contributed by atoms with E-state index in [9.17, 15) is 0 Å². The molecular formula is C7H15BO3. The van der Waals surface area contributed by atoms with Crippen molar-refractivity contribution < 1.29 is 14.7 Å². The first-order valence-electron chi connectivity index (χ1n) is 4.30. The molecule has 3 nitrogen and oxygen atoms in total. The summed E-state index contributed by atoms with van der Waals surface area (Å²) in [6.07, 6.45) is 6.81. The Kier molecular flexibility index (Phi) is 3.90. The minimum absolute atomic E-state index is 0.0671. The molecule has 1 aliphatic carbocycles. The van der Waals surface area contributed by atoms with E-state index in [1.165, 1.54) is 12.8 Å². The summed E-state index contributed by atoms with van der Waals surface area (Å²) in [5.74, 6) is 0. The van der Waals surface area contributed by atoms with Gasteiger partial charge in [0.15, 0.2) is 0 Å². The lowest BCUT2D eigenvalue weighted by molar-refractivity contribution is 0.107. The van der Waals surface area contributed by atoms with E-state index in [-0.39, 0.29) is 6.10 Å². The lowest BCUT2D eigenvalue weighted by Gasteiger charge is -2.13. The Hall–Kier alpha value is -0.0551. The topological polar surface area (TPSA) is 49.7 Å². The first kappa shape index (κ1) is 9.04. The second-order valence-corrected chi connectivity index (χ2v) is 3.08. The molecule has 0 saturated heterocycles. The highest BCUT2D eigenvalue weighted by Gasteiger charge is 2.18. The number of rotatable bonds is 2. The average molecular weight is 158 g/mol. The van der Waals surface area contributed by atoms with E-state index < -0.39 is 7.32 Å². The van der Waals surface area contributed by atoms with Crippen molar-refractivity contribution in [1.82, 2.24) is 0 Å². The Morgan fingerprint density at radius 3 is 2.00 bits per heavy atom. The van der Waals surface area contributed by atoms with Gasteiger partial charge in [-0.3, -0.25) is 0 Å². The Balaban J connectivity index is 2.20. The van der Waals surface area contributed by atoms with Crippen LogP contribution in [0.3, 0.4) is 0 Å². The highest BCUT2D eigenvalue weighted by molar-refractivity contribution is 6.32. The first-order valence-corrected chi connectivity index (χ1v) is 4.30. The van der Waals surface area contributed by atoms with Crippen molar-refractivity contribution in [3.63, 3.8) is 0 Å². The molecular weight excluding hydrogens is 143 g/mol. The van der Waals surface area contributed by atoms with E-state index in [0.717, 1.165) is 25.7 Å². The molecule has 0 aliphatic heterocycles. The van der Waals surface area contributed by atoms with Gasteiger partial charge in [0, 0.05) is 6.10 Å². The molecule has 0 aromatic rings. The summed E-state index contributed by atoms with van der Waals surface area (Å²) >= 11 is 0. The Labute approximate surface area is 67.6 Å². The monoisotopic (exact) mass is 158 g/mol. The third-order valence-electron chi connectivity index (χ3n) is 2.12. The van der Waals surface area contributed by atoms with Gasteiger partial charge in [0.05, 0.1) is 0 Å². The molecule has 0 spiro atoms. The second-order valence-electron chi connectivity index (χ2n) is 3.08. The summed E-state index contributed by atoms with van der Waals surface area (Å²) in [5, 5.41) is 17.1. The summed E-state index contributed by atoms with van der Waals surface area (Å²) in [6.45, 7) is 0. The molecule has 1 fully saturated rings. The maximum atomic E-state index is 8.53. The quantitative estimate of drug-likeness (QED) is 0.459. The van der Waals surface area contributed by atoms with Gasteiger partial charge in [0.1, 0.15) is 0 Å². The third kappa shape index (κ3) is 3.75. The van der Waals surface area contributed by atoms with Crippen molar-refractivity contribution in [2.45, 2.75) is 44.6 Å². The molecule has 4 heteroatoms. The fraction of sp³-hybridized carbons (Fsp3) is 1.00. The van der Waals surface area contributed by atoms with Gasteiger partial charge in [-0.2, -0.15) is 0 Å². The van der Waals surface area contributed by atoms with Crippen LogP contribution < -0.4 is 0 Å². The van der Waals surface area contributed by atoms with Crippen LogP contribution in [0.4, 0.5) is 0 Å². The van der Waals surface area contributed by atoms with Crippen LogP contribution in [0.15, 0.2) is 0 Å². The highest BCUT2D eigenvalue weighted by Crippen LogP contribution is 2.19. The van der Waals surface area contributed by atoms with Crippen molar-refractivity contribution in [3.8, 4) is 0 Å². The molecule has 0 amide bonds. The van der Waals surface area contributed by atoms with E-state index in [2.05, 4.69) is 0 Å². The second kappa shape index (κ2) is 4.75. The van der Waals surface area contributed by atoms with Crippen molar-refractivity contribution in [2.75, 3.05) is 0 Å². The van der Waals surface area contributed by atoms with E-state index >= 15 is 0 Å². The van der Waals surface area contributed by atoms with Crippen LogP contribution in [0.2, 0.25) is 0 Å². The first-order chi connectivity index (χ1) is 5.29. The van der Waals surface area contributed by atoms with E-state index in [1.54, 1.807) is 0 Å². The van der Waals surface area contributed by atoms with Gasteiger partial charge in [0.2, 0.25) is 0 Å². The Morgan fingerprint density at radius 1 is 1.00 bits per heavy atom. The summed E-state index contributed by atoms with van der Waals surface area (Å²) in [7, 11) is -1.59. The van der Waals surface area contributed by atoms with Gasteiger partial charge in [-0.25, -0.2) is 0 Å². The van der Waals surface area contributed by atoms with Crippen LogP contribution >= 0.6 is 0 Å². The minimum Gasteiger partial charge on any atom is -0.402 e. The third-order valence-corrected chi connectivity index (χ3v) is 2.12. The molecule has 0 unspecified atom stereocenters. The predicted molar refractivity (Wildman–Crippen MR) is 42.8 cm³/mol. The van der Waals surface area contributed by atoms with Crippen LogP contribution in [0.5, 0.6) is 0 Å². The van der Waals surface area contributed by atoms with Crippen molar-refractivity contribution in [2.24, 2.45) is 0 Å². The zero-order valence-electron chi connectivity index (χ0n) is 6.70. The van der Waals surface area contributed by atoms with Crippen LogP contribution in [0.25, 0.3) is 0 Å². The molecule has 0 atom stereocenters. The summed E-state index contributed by atoms with van der Waals surface area (Å²) in [6, 6.07) is 0. The average Bonchev–Trinajstić information content (AvgIpc) is 2.14. The summed E-state index contributed by atoms with van der Waals surface area (Å²) in [4.78, 5) is 0. The van der Waals surface area contributed by atoms with Crippen LogP contribution in [0, 0.1) is 0 Å². The molecule has 1 saturated carbocycles. The number of hydrogen-bond donors (Lipinski definition) is 2. The van der Waals surface area contributed by atoms with Gasteiger partial charge in [-0.1, -0.05) is 25.7 Å². The predicted octanol–water partition coefficient (Wildman–Crippen LogP) is 0.695. The van der Waals surface area contributed by atoms with Crippen LogP contribution in [-0.2, 0) is 4.65 Å². The molecule has 0 aromatic heterocycles. The molecule has 0 aromatic carbocycles. The largest absolute Gasteiger partial charge is 0.634 e. The standard InChI is InChI=1S/C7H15BO3/c9-8(10)11-7-5-3-1-2-4-6-7/h7,9-10H,1-6H2. The van der Waals surface area contributed by atoms with Gasteiger partial charge in [-0.15, -0.1) is 0 Å². The van der Waals surface area contributed by atoms with Gasteiger partial charge >= 0.3 is 7.32 Å². The highest BCUT2D eigenvalue weighted by atomic mass is 16.6. The van der Waals surface area contributed by atoms with Gasteiger partial charge < -0.3 is 14.7 Å². The maximum Gasteiger partial charge on any atom is 0.634 e. The summed E-state index contributed by atoms with van der Waals surface area (Å²) < 4.78 is 4.88. The van der Waals surface area contributed by atoms with Gasteiger partial charge in [-0.05, 0) is 12.8 Å². The number of hydrogen-bond acceptors (Lipinski definition) is 3. The van der Waals surface area contributed by atoms with E-state index in [0.29, 0.717) is 0 Å². The minimum atomic E-state index is -1.59. The molecule has 0 radical (unpaired) electrons. The fourth-order valence-corrected chi connectivity index (χ4v) is 1.55. The Bertz CT molecular complexity index is 99.9. The van der Waals surface area contributed by atoms with E-state index in [4.69, 9.17) is 14.7 Å². The van der Waals surface area contributed by atoms with Crippen molar-refractivity contribution in [3.05, 3.63) is 0 Å². The molecule has 0 bridgehead atoms. The maximum absolute atomic E-state index is 8.53. The molecule has 1 aliphatic rings. The fourth-order valence-electron chi connectivity index (χ4n) is 1.55. The van der Waals surface area contributed by atoms with Crippen molar-refractivity contribution >= 4 is 7.32 Å². The zero-order valence-corrected chi connectivity index (χ0v) is 6.70. The molecule has 1 rings (SSSR count). The molecule has 0 heterocycles. The SMILES string of the molecule is OB(O)OC1CCCCCC1. The summed E-state index contributed by atoms with van der Waals surface area (Å²) in [5.41, 5.74) is 0. The molecule has 2 N–H and O–H groups in total. The zero-order chi connectivity index (χ0) is 8.10. The lowest BCUT2D eigenvalue weighted by Crippen LogP contribution is -2.25. The lowest BCUT2D eigenvalue weighted by atomic mass is 10.1. The van der Waals surface area contributed by atoms with E-state index in [1.807, 2.05) is 0 Å². The van der Waals surface area contributed by atoms with Crippen LogP contribution in [-0.4, -0.2) is 23.5 Å². The smallest absolute Gasteiger partial charge is 0.402 e. The Morgan fingerprint density at radius 2 is 1.55 bits per heavy atom. The molecule has 11 heavy (non-hydrogen) atoms. The van der Waals surface area contributed by atoms with Gasteiger partial charge in [0.25, 0.3) is 0 Å². The molecule has 64 valence electrons.